The Morgan fingerprint density at radius 2 is 0.961 bits per heavy atom. The number of rotatable bonds is 3. The Bertz CT molecular complexity index is 2740. The van der Waals surface area contributed by atoms with E-state index in [1.165, 1.54) is 11.1 Å². The van der Waals surface area contributed by atoms with E-state index in [0.717, 1.165) is 72.4 Å². The average molecular weight is 654 g/mol. The molecule has 0 unspecified atom stereocenters. The van der Waals surface area contributed by atoms with E-state index in [0.29, 0.717) is 17.5 Å². The molecule has 0 atom stereocenters. The van der Waals surface area contributed by atoms with E-state index in [4.69, 9.17) is 24.1 Å². The van der Waals surface area contributed by atoms with E-state index in [-0.39, 0.29) is 0 Å². The summed E-state index contributed by atoms with van der Waals surface area (Å²) >= 11 is 0. The number of furan rings is 1. The van der Waals surface area contributed by atoms with Gasteiger partial charge in [-0.2, -0.15) is 0 Å². The van der Waals surface area contributed by atoms with Gasteiger partial charge in [-0.05, 0) is 52.6 Å². The molecule has 0 amide bonds. The fraction of sp³-hybridized carbons (Fsp3) is 0.0217. The summed E-state index contributed by atoms with van der Waals surface area (Å²) in [6.45, 7) is 0. The summed E-state index contributed by atoms with van der Waals surface area (Å²) in [6, 6.07) is 56.5. The van der Waals surface area contributed by atoms with Gasteiger partial charge in [0.25, 0.3) is 0 Å². The van der Waals surface area contributed by atoms with Gasteiger partial charge in [-0.1, -0.05) is 133 Å². The first-order chi connectivity index (χ1) is 25.3. The predicted octanol–water partition coefficient (Wildman–Crippen LogP) is 11.2. The second kappa shape index (κ2) is 10.6. The highest BCUT2D eigenvalue weighted by Gasteiger charge is 2.51. The Morgan fingerprint density at radius 1 is 0.412 bits per heavy atom. The van der Waals surface area contributed by atoms with Crippen molar-refractivity contribution in [1.82, 2.24) is 15.0 Å². The predicted molar refractivity (Wildman–Crippen MR) is 201 cm³/mol. The molecular weight excluding hydrogens is 627 g/mol. The second-order valence-electron chi connectivity index (χ2n) is 13.1. The number of fused-ring (bicyclic) bond motifs is 13. The molecule has 1 aliphatic heterocycles. The van der Waals surface area contributed by atoms with Crippen LogP contribution in [0.15, 0.2) is 168 Å². The highest BCUT2D eigenvalue weighted by molar-refractivity contribution is 6.16. The van der Waals surface area contributed by atoms with Crippen molar-refractivity contribution in [1.29, 1.82) is 0 Å². The van der Waals surface area contributed by atoms with Crippen LogP contribution < -0.4 is 4.74 Å². The minimum Gasteiger partial charge on any atom is -0.457 e. The van der Waals surface area contributed by atoms with Crippen molar-refractivity contribution >= 4 is 21.9 Å². The molecule has 2 aromatic heterocycles. The molecule has 3 heterocycles. The highest BCUT2D eigenvalue weighted by Crippen LogP contribution is 2.63. The lowest BCUT2D eigenvalue weighted by Crippen LogP contribution is -2.32. The average Bonchev–Trinajstić information content (AvgIpc) is 3.72. The Labute approximate surface area is 293 Å². The van der Waals surface area contributed by atoms with E-state index in [1.807, 2.05) is 84.9 Å². The van der Waals surface area contributed by atoms with E-state index in [9.17, 15) is 0 Å². The fourth-order valence-corrected chi connectivity index (χ4v) is 8.28. The number of nitrogens with zero attached hydrogens (tertiary/aromatic N) is 3. The monoisotopic (exact) mass is 653 g/mol. The number of para-hydroxylation sites is 3. The Morgan fingerprint density at radius 3 is 1.63 bits per heavy atom. The molecule has 51 heavy (non-hydrogen) atoms. The molecule has 5 heteroatoms. The molecule has 1 aliphatic carbocycles. The van der Waals surface area contributed by atoms with Crippen LogP contribution in [0.25, 0.3) is 67.2 Å². The lowest BCUT2D eigenvalue weighted by Gasteiger charge is -2.39. The topological polar surface area (TPSA) is 61.0 Å². The van der Waals surface area contributed by atoms with Crippen LogP contribution in [0.5, 0.6) is 11.5 Å². The van der Waals surface area contributed by atoms with Crippen molar-refractivity contribution < 1.29 is 9.15 Å². The smallest absolute Gasteiger partial charge is 0.164 e. The number of benzene rings is 7. The van der Waals surface area contributed by atoms with Crippen LogP contribution in [-0.4, -0.2) is 15.0 Å². The maximum atomic E-state index is 6.59. The summed E-state index contributed by atoms with van der Waals surface area (Å²) in [7, 11) is 0. The van der Waals surface area contributed by atoms with Crippen LogP contribution in [0.3, 0.4) is 0 Å². The van der Waals surface area contributed by atoms with E-state index >= 15 is 0 Å². The van der Waals surface area contributed by atoms with Gasteiger partial charge >= 0.3 is 0 Å². The van der Waals surface area contributed by atoms with Gasteiger partial charge in [0.1, 0.15) is 22.7 Å². The van der Waals surface area contributed by atoms with Gasteiger partial charge in [0.05, 0.1) is 5.41 Å². The van der Waals surface area contributed by atoms with Crippen molar-refractivity contribution in [2.75, 3.05) is 0 Å². The fourth-order valence-electron chi connectivity index (χ4n) is 8.28. The summed E-state index contributed by atoms with van der Waals surface area (Å²) in [6.07, 6.45) is 0. The molecule has 0 N–H and O–H groups in total. The van der Waals surface area contributed by atoms with Crippen LogP contribution >= 0.6 is 0 Å². The SMILES string of the molecule is c1ccc(-c2nc(-c3ccccc3)nc(-c3ccc4c(c3)-c3c(ccc5oc6ccccc6c35)C43c4ccccc4Oc4ccccc43)n2)cc1. The first kappa shape index (κ1) is 28.0. The molecule has 238 valence electrons. The first-order valence-corrected chi connectivity index (χ1v) is 17.1. The molecule has 9 aromatic rings. The van der Waals surface area contributed by atoms with Gasteiger partial charge in [-0.3, -0.25) is 0 Å². The molecule has 5 nitrogen and oxygen atoms in total. The molecule has 0 radical (unpaired) electrons. The summed E-state index contributed by atoms with van der Waals surface area (Å²) in [5, 5.41) is 2.19. The summed E-state index contributed by atoms with van der Waals surface area (Å²) in [5.41, 5.74) is 10.8. The van der Waals surface area contributed by atoms with Crippen molar-refractivity contribution in [2.45, 2.75) is 5.41 Å². The highest BCUT2D eigenvalue weighted by atomic mass is 16.5. The van der Waals surface area contributed by atoms with Crippen LogP contribution in [0.2, 0.25) is 0 Å². The van der Waals surface area contributed by atoms with Crippen molar-refractivity contribution in [3.8, 4) is 56.8 Å². The Balaban J connectivity index is 1.24. The molecule has 7 aromatic carbocycles. The van der Waals surface area contributed by atoms with Crippen LogP contribution in [0, 0.1) is 0 Å². The zero-order valence-electron chi connectivity index (χ0n) is 27.2. The second-order valence-corrected chi connectivity index (χ2v) is 13.1. The van der Waals surface area contributed by atoms with Crippen molar-refractivity contribution in [3.63, 3.8) is 0 Å². The van der Waals surface area contributed by atoms with Crippen molar-refractivity contribution in [3.05, 3.63) is 186 Å². The number of hydrogen-bond donors (Lipinski definition) is 0. The lowest BCUT2D eigenvalue weighted by atomic mass is 9.66. The number of hydrogen-bond acceptors (Lipinski definition) is 5. The summed E-state index contributed by atoms with van der Waals surface area (Å²) in [4.78, 5) is 15.1. The standard InChI is InChI=1S/C46H27N3O2/c1-3-13-28(14-4-1)43-47-44(29-15-5-2-6-16-29)49-45(48-43)30-23-24-33-32(27-30)41-36(25-26-40-42(41)31-17-7-10-20-37(31)50-40)46(33)34-18-8-11-21-38(34)51-39-22-12-9-19-35(39)46/h1-27H. The normalized spacial score (nSPS) is 13.4. The number of aromatic nitrogens is 3. The molecule has 11 rings (SSSR count). The summed E-state index contributed by atoms with van der Waals surface area (Å²) in [5.74, 6) is 3.59. The molecule has 0 bridgehead atoms. The third kappa shape index (κ3) is 3.94. The number of ether oxygens (including phenoxy) is 1. The van der Waals surface area contributed by atoms with E-state index in [2.05, 4.69) is 78.9 Å². The largest absolute Gasteiger partial charge is 0.457 e. The summed E-state index contributed by atoms with van der Waals surface area (Å²) < 4.78 is 13.1. The van der Waals surface area contributed by atoms with Crippen molar-refractivity contribution in [2.24, 2.45) is 0 Å². The molecular formula is C46H27N3O2. The first-order valence-electron chi connectivity index (χ1n) is 17.1. The van der Waals surface area contributed by atoms with Gasteiger partial charge in [0.15, 0.2) is 17.5 Å². The Kier molecular flexibility index (Phi) is 5.81. The third-order valence-electron chi connectivity index (χ3n) is 10.4. The maximum absolute atomic E-state index is 6.59. The molecule has 2 aliphatic rings. The van der Waals surface area contributed by atoms with E-state index < -0.39 is 5.41 Å². The molecule has 0 fully saturated rings. The van der Waals surface area contributed by atoms with E-state index in [1.54, 1.807) is 0 Å². The minimum absolute atomic E-state index is 0.616. The Hall–Kier alpha value is -6.85. The molecule has 0 saturated heterocycles. The maximum Gasteiger partial charge on any atom is 0.164 e. The van der Waals surface area contributed by atoms with Gasteiger partial charge in [-0.15, -0.1) is 0 Å². The quantitative estimate of drug-likeness (QED) is 0.190. The van der Waals surface area contributed by atoms with Crippen LogP contribution in [0.4, 0.5) is 0 Å². The molecule has 1 spiro atoms. The zero-order valence-corrected chi connectivity index (χ0v) is 27.2. The zero-order chi connectivity index (χ0) is 33.5. The third-order valence-corrected chi connectivity index (χ3v) is 10.4. The van der Waals surface area contributed by atoms with Gasteiger partial charge in [-0.25, -0.2) is 15.0 Å². The van der Waals surface area contributed by atoms with Gasteiger partial charge in [0.2, 0.25) is 0 Å². The van der Waals surface area contributed by atoms with Crippen LogP contribution in [-0.2, 0) is 5.41 Å². The van der Waals surface area contributed by atoms with Crippen LogP contribution in [0.1, 0.15) is 22.3 Å². The minimum atomic E-state index is -0.620. The van der Waals surface area contributed by atoms with Gasteiger partial charge < -0.3 is 9.15 Å². The lowest BCUT2D eigenvalue weighted by molar-refractivity contribution is 0.436. The molecule has 0 saturated carbocycles. The van der Waals surface area contributed by atoms with Gasteiger partial charge in [0, 0.05) is 38.6 Å².